The third kappa shape index (κ3) is 6.38. The van der Waals surface area contributed by atoms with Crippen LogP contribution in [0, 0.1) is 5.41 Å². The molecule has 0 saturated carbocycles. The van der Waals surface area contributed by atoms with Gasteiger partial charge in [0.05, 0.1) is 0 Å². The van der Waals surface area contributed by atoms with Crippen LogP contribution >= 0.6 is 0 Å². The Labute approximate surface area is 204 Å². The third-order valence-electron chi connectivity index (χ3n) is 4.98. The largest absolute Gasteiger partial charge is 1.00 e. The summed E-state index contributed by atoms with van der Waals surface area (Å²) in [6.07, 6.45) is 0. The number of ether oxygens (including phenoxy) is 1. The Morgan fingerprint density at radius 2 is 1.30 bits per heavy atom. The molecule has 0 heterocycles. The zero-order valence-corrected chi connectivity index (χ0v) is 20.3. The van der Waals surface area contributed by atoms with E-state index in [0.29, 0.717) is 13.1 Å². The molecule has 0 aliphatic heterocycles. The van der Waals surface area contributed by atoms with Gasteiger partial charge in [0.2, 0.25) is 0 Å². The average Bonchev–Trinajstić information content (AvgIpc) is 2.57. The quantitative estimate of drug-likeness (QED) is 0.390. The molecule has 0 N–H and O–H groups in total. The van der Waals surface area contributed by atoms with Gasteiger partial charge in [-0.3, -0.25) is 4.79 Å². The van der Waals surface area contributed by atoms with Crippen LogP contribution in [0.25, 0.3) is 21.5 Å². The van der Waals surface area contributed by atoms with E-state index >= 15 is 0 Å². The monoisotopic (exact) mass is 390 g/mol. The van der Waals surface area contributed by atoms with Gasteiger partial charge in [-0.1, -0.05) is 83.1 Å². The van der Waals surface area contributed by atoms with E-state index in [1.54, 1.807) is 13.8 Å². The molecule has 27 heavy (non-hydrogen) atoms. The summed E-state index contributed by atoms with van der Waals surface area (Å²) in [5.74, 6) is 0. The van der Waals surface area contributed by atoms with Crippen LogP contribution in [0.4, 0.5) is 0 Å². The SMILES string of the molecule is CC(C)(C)C(C)(C)[O-].O=COCc1c2ccccc2cc2ccccc12.[K+]. The fraction of sp³-hybridized carbons (Fsp3) is 0.348. The van der Waals surface area contributed by atoms with Gasteiger partial charge in [0.1, 0.15) is 6.61 Å². The summed E-state index contributed by atoms with van der Waals surface area (Å²) in [6.45, 7) is 10.1. The molecule has 0 bridgehead atoms. The van der Waals surface area contributed by atoms with Crippen molar-refractivity contribution in [1.82, 2.24) is 0 Å². The maximum Gasteiger partial charge on any atom is 1.00 e. The molecule has 0 fully saturated rings. The van der Waals surface area contributed by atoms with Crippen LogP contribution in [0.1, 0.15) is 40.2 Å². The molecule has 3 rings (SSSR count). The maximum atomic E-state index is 11.1. The summed E-state index contributed by atoms with van der Waals surface area (Å²) in [7, 11) is 0. The molecule has 0 aliphatic rings. The van der Waals surface area contributed by atoms with Gasteiger partial charge < -0.3 is 9.84 Å². The van der Waals surface area contributed by atoms with Crippen LogP contribution in [-0.4, -0.2) is 12.1 Å². The van der Waals surface area contributed by atoms with Crippen LogP contribution in [0.2, 0.25) is 0 Å². The molecule has 138 valence electrons. The number of rotatable bonds is 3. The van der Waals surface area contributed by atoms with E-state index in [1.165, 1.54) is 10.8 Å². The van der Waals surface area contributed by atoms with E-state index in [9.17, 15) is 9.90 Å². The minimum Gasteiger partial charge on any atom is -0.849 e. The minimum absolute atomic E-state index is 0. The maximum absolute atomic E-state index is 11.1. The van der Waals surface area contributed by atoms with E-state index in [-0.39, 0.29) is 56.8 Å². The van der Waals surface area contributed by atoms with Gasteiger partial charge in [-0.2, -0.15) is 0 Å². The zero-order valence-electron chi connectivity index (χ0n) is 17.2. The van der Waals surface area contributed by atoms with E-state index in [1.807, 2.05) is 45.0 Å². The van der Waals surface area contributed by atoms with Gasteiger partial charge >= 0.3 is 51.4 Å². The van der Waals surface area contributed by atoms with Crippen molar-refractivity contribution in [2.45, 2.75) is 46.8 Å². The molecule has 3 nitrogen and oxygen atoms in total. The molecule has 3 aromatic carbocycles. The zero-order chi connectivity index (χ0) is 19.4. The summed E-state index contributed by atoms with van der Waals surface area (Å²) in [5.41, 5.74) is 0.135. The second-order valence-corrected chi connectivity index (χ2v) is 7.96. The fourth-order valence-corrected chi connectivity index (χ4v) is 2.38. The van der Waals surface area contributed by atoms with Gasteiger partial charge in [-0.25, -0.2) is 0 Å². The predicted molar refractivity (Wildman–Crippen MR) is 106 cm³/mol. The van der Waals surface area contributed by atoms with Gasteiger partial charge in [-0.15, -0.1) is 5.60 Å². The molecule has 3 aromatic rings. The van der Waals surface area contributed by atoms with Crippen molar-refractivity contribution in [3.05, 3.63) is 60.2 Å². The molecule has 0 amide bonds. The first kappa shape index (κ1) is 24.3. The number of carbonyl (C=O) groups is 1. The van der Waals surface area contributed by atoms with Gasteiger partial charge in [0.25, 0.3) is 6.47 Å². The van der Waals surface area contributed by atoms with Crippen molar-refractivity contribution < 1.29 is 66.0 Å². The molecular weight excluding hydrogens is 363 g/mol. The van der Waals surface area contributed by atoms with Gasteiger partial charge in [0, 0.05) is 5.56 Å². The van der Waals surface area contributed by atoms with E-state index in [4.69, 9.17) is 4.74 Å². The van der Waals surface area contributed by atoms with E-state index in [2.05, 4.69) is 30.3 Å². The Balaban J connectivity index is 0.000000350. The van der Waals surface area contributed by atoms with Crippen molar-refractivity contribution in [1.29, 1.82) is 0 Å². The molecule has 4 heteroatoms. The van der Waals surface area contributed by atoms with Crippen molar-refractivity contribution in [2.75, 3.05) is 0 Å². The summed E-state index contributed by atoms with van der Waals surface area (Å²) < 4.78 is 4.96. The average molecular weight is 391 g/mol. The second kappa shape index (κ2) is 10.1. The summed E-state index contributed by atoms with van der Waals surface area (Å²) in [4.78, 5) is 10.4. The van der Waals surface area contributed by atoms with Gasteiger partial charge in [0.15, 0.2) is 0 Å². The first-order valence-electron chi connectivity index (χ1n) is 8.80. The van der Waals surface area contributed by atoms with Crippen molar-refractivity contribution in [3.63, 3.8) is 0 Å². The predicted octanol–water partition coefficient (Wildman–Crippen LogP) is 1.84. The van der Waals surface area contributed by atoms with Crippen LogP contribution in [-0.2, 0) is 16.1 Å². The summed E-state index contributed by atoms with van der Waals surface area (Å²) >= 11 is 0. The smallest absolute Gasteiger partial charge is 0.849 e. The standard InChI is InChI=1S/C16H12O2.C7H15O.K/c17-11-18-10-16-14-7-3-1-5-12(14)9-13-6-2-4-8-15(13)16;1-6(2,3)7(4,5)8;/h1-9,11H,10H2;1-5H3;/q;-1;+1. The fourth-order valence-electron chi connectivity index (χ4n) is 2.38. The number of fused-ring (bicyclic) bond motifs is 2. The molecule has 0 aromatic heterocycles. The van der Waals surface area contributed by atoms with Crippen molar-refractivity contribution in [3.8, 4) is 0 Å². The Morgan fingerprint density at radius 1 is 0.889 bits per heavy atom. The first-order chi connectivity index (χ1) is 12.1. The second-order valence-electron chi connectivity index (χ2n) is 7.96. The van der Waals surface area contributed by atoms with Crippen LogP contribution in [0.15, 0.2) is 54.6 Å². The molecule has 0 spiro atoms. The molecule has 0 aliphatic carbocycles. The van der Waals surface area contributed by atoms with Crippen LogP contribution in [0.5, 0.6) is 0 Å². The number of hydrogen-bond acceptors (Lipinski definition) is 3. The van der Waals surface area contributed by atoms with Crippen molar-refractivity contribution in [2.24, 2.45) is 5.41 Å². The van der Waals surface area contributed by atoms with Crippen LogP contribution in [0.3, 0.4) is 0 Å². The summed E-state index contributed by atoms with van der Waals surface area (Å²) in [6, 6.07) is 18.5. The molecular formula is C23H27KO3. The number of hydrogen-bond donors (Lipinski definition) is 0. The molecule has 0 radical (unpaired) electrons. The Morgan fingerprint density at radius 3 is 1.67 bits per heavy atom. The van der Waals surface area contributed by atoms with Crippen LogP contribution < -0.4 is 56.5 Å². The minimum atomic E-state index is -0.812. The Kier molecular flexibility index (Phi) is 9.13. The number of benzene rings is 3. The van der Waals surface area contributed by atoms with E-state index < -0.39 is 5.60 Å². The Hall–Kier alpha value is -0.754. The first-order valence-corrected chi connectivity index (χ1v) is 8.80. The Bertz CT molecular complexity index is 823. The molecule has 0 atom stereocenters. The van der Waals surface area contributed by atoms with Crippen molar-refractivity contribution >= 4 is 28.0 Å². The normalized spacial score (nSPS) is 11.3. The molecule has 0 saturated heterocycles. The third-order valence-corrected chi connectivity index (χ3v) is 4.98. The number of carbonyl (C=O) groups excluding carboxylic acids is 1. The summed E-state index contributed by atoms with van der Waals surface area (Å²) in [5, 5.41) is 15.7. The van der Waals surface area contributed by atoms with Gasteiger partial charge in [-0.05, 0) is 33.0 Å². The van der Waals surface area contributed by atoms with E-state index in [0.717, 1.165) is 16.3 Å². The topological polar surface area (TPSA) is 49.4 Å². The molecule has 0 unspecified atom stereocenters.